The maximum Gasteiger partial charge on any atom is 0.258 e. The minimum atomic E-state index is -1.08. The Hall–Kier alpha value is -2.80. The topological polar surface area (TPSA) is 62.7 Å². The van der Waals surface area contributed by atoms with Crippen LogP contribution in [-0.4, -0.2) is 31.1 Å². The quantitative estimate of drug-likeness (QED) is 0.635. The molecule has 3 rings (SSSR count). The number of amides is 1. The lowest BCUT2D eigenvalue weighted by Crippen LogP contribution is -2.36. The molecule has 27 heavy (non-hydrogen) atoms. The molecule has 2 aromatic rings. The SMILES string of the molecule is Cc1ccc(NC(=NCC2CCCO2)NC(=O)c2ccc(F)c(F)c2)cc1. The van der Waals surface area contributed by atoms with Crippen molar-refractivity contribution in [1.82, 2.24) is 5.32 Å². The summed E-state index contributed by atoms with van der Waals surface area (Å²) in [6.07, 6.45) is 1.92. The van der Waals surface area contributed by atoms with Gasteiger partial charge in [0, 0.05) is 17.9 Å². The summed E-state index contributed by atoms with van der Waals surface area (Å²) in [6, 6.07) is 10.6. The van der Waals surface area contributed by atoms with Gasteiger partial charge in [0.05, 0.1) is 12.6 Å². The molecule has 7 heteroatoms. The molecule has 1 aliphatic heterocycles. The summed E-state index contributed by atoms with van der Waals surface area (Å²) < 4.78 is 32.0. The maximum absolute atomic E-state index is 13.4. The van der Waals surface area contributed by atoms with E-state index in [9.17, 15) is 13.6 Å². The molecule has 0 aliphatic carbocycles. The first-order valence-electron chi connectivity index (χ1n) is 8.77. The van der Waals surface area contributed by atoms with Gasteiger partial charge >= 0.3 is 0 Å². The van der Waals surface area contributed by atoms with E-state index >= 15 is 0 Å². The van der Waals surface area contributed by atoms with Gasteiger partial charge in [0.15, 0.2) is 11.6 Å². The average Bonchev–Trinajstić information content (AvgIpc) is 3.17. The predicted octanol–water partition coefficient (Wildman–Crippen LogP) is 3.65. The van der Waals surface area contributed by atoms with Gasteiger partial charge < -0.3 is 10.1 Å². The van der Waals surface area contributed by atoms with E-state index in [1.54, 1.807) is 0 Å². The Kier molecular flexibility index (Phi) is 6.13. The minimum absolute atomic E-state index is 0.00409. The average molecular weight is 373 g/mol. The number of halogens is 2. The number of nitrogens with one attached hydrogen (secondary N) is 2. The number of hydrogen-bond donors (Lipinski definition) is 2. The summed E-state index contributed by atoms with van der Waals surface area (Å²) in [6.45, 7) is 3.08. The van der Waals surface area contributed by atoms with Crippen LogP contribution in [0.1, 0.15) is 28.8 Å². The van der Waals surface area contributed by atoms with E-state index in [1.165, 1.54) is 6.07 Å². The first-order chi connectivity index (χ1) is 13.0. The van der Waals surface area contributed by atoms with Crippen LogP contribution in [-0.2, 0) is 4.74 Å². The first kappa shape index (κ1) is 19.0. The molecule has 1 aliphatic rings. The van der Waals surface area contributed by atoms with Crippen LogP contribution < -0.4 is 10.6 Å². The Morgan fingerprint density at radius 1 is 1.19 bits per heavy atom. The van der Waals surface area contributed by atoms with E-state index in [0.717, 1.165) is 36.2 Å². The molecule has 1 atom stereocenters. The van der Waals surface area contributed by atoms with Gasteiger partial charge in [-0.3, -0.25) is 10.1 Å². The highest BCUT2D eigenvalue weighted by atomic mass is 19.2. The number of carbonyl (C=O) groups excluding carboxylic acids is 1. The highest BCUT2D eigenvalue weighted by molar-refractivity contribution is 6.09. The number of aryl methyl sites for hydroxylation is 1. The van der Waals surface area contributed by atoms with Gasteiger partial charge in [-0.1, -0.05) is 17.7 Å². The number of carbonyl (C=O) groups is 1. The van der Waals surface area contributed by atoms with Gasteiger partial charge in [0.25, 0.3) is 5.91 Å². The molecule has 1 heterocycles. The van der Waals surface area contributed by atoms with Crippen LogP contribution in [0.25, 0.3) is 0 Å². The van der Waals surface area contributed by atoms with Gasteiger partial charge in [-0.05, 0) is 50.1 Å². The second-order valence-electron chi connectivity index (χ2n) is 6.40. The lowest BCUT2D eigenvalue weighted by Gasteiger charge is -2.13. The summed E-state index contributed by atoms with van der Waals surface area (Å²) in [5, 5.41) is 5.67. The summed E-state index contributed by atoms with van der Waals surface area (Å²) in [5.41, 5.74) is 1.85. The van der Waals surface area contributed by atoms with Gasteiger partial charge in [-0.25, -0.2) is 13.8 Å². The van der Waals surface area contributed by atoms with Crippen molar-refractivity contribution in [2.24, 2.45) is 4.99 Å². The molecular weight excluding hydrogens is 352 g/mol. The van der Waals surface area contributed by atoms with Crippen molar-refractivity contribution in [3.8, 4) is 0 Å². The third-order valence-electron chi connectivity index (χ3n) is 4.21. The van der Waals surface area contributed by atoms with Crippen molar-refractivity contribution >= 4 is 17.6 Å². The van der Waals surface area contributed by atoms with Crippen LogP contribution in [0.3, 0.4) is 0 Å². The summed E-state index contributed by atoms with van der Waals surface area (Å²) in [4.78, 5) is 16.8. The van der Waals surface area contributed by atoms with Crippen molar-refractivity contribution in [1.29, 1.82) is 0 Å². The van der Waals surface area contributed by atoms with E-state index in [1.807, 2.05) is 31.2 Å². The first-order valence-corrected chi connectivity index (χ1v) is 8.77. The zero-order valence-corrected chi connectivity index (χ0v) is 15.0. The number of guanidine groups is 1. The van der Waals surface area contributed by atoms with Crippen LogP contribution in [0.5, 0.6) is 0 Å². The molecular formula is C20H21F2N3O2. The number of hydrogen-bond acceptors (Lipinski definition) is 3. The van der Waals surface area contributed by atoms with Crippen molar-refractivity contribution < 1.29 is 18.3 Å². The second kappa shape index (κ2) is 8.73. The fraction of sp³-hybridized carbons (Fsp3) is 0.300. The van der Waals surface area contributed by atoms with Gasteiger partial charge in [0.2, 0.25) is 5.96 Å². The monoisotopic (exact) mass is 373 g/mol. The minimum Gasteiger partial charge on any atom is -0.376 e. The molecule has 0 radical (unpaired) electrons. The third-order valence-corrected chi connectivity index (χ3v) is 4.21. The molecule has 0 saturated carbocycles. The second-order valence-corrected chi connectivity index (χ2v) is 6.40. The van der Waals surface area contributed by atoms with Crippen molar-refractivity contribution in [2.75, 3.05) is 18.5 Å². The van der Waals surface area contributed by atoms with Gasteiger partial charge in [0.1, 0.15) is 0 Å². The summed E-state index contributed by atoms with van der Waals surface area (Å²) >= 11 is 0. The number of benzene rings is 2. The Balaban J connectivity index is 1.75. The standard InChI is InChI=1S/C20H21F2N3O2/c1-13-4-7-15(8-5-13)24-20(23-12-16-3-2-10-27-16)25-19(26)14-6-9-17(21)18(22)11-14/h4-9,11,16H,2-3,10,12H2,1H3,(H2,23,24,25,26). The van der Waals surface area contributed by atoms with Gasteiger partial charge in [-0.2, -0.15) is 0 Å². The highest BCUT2D eigenvalue weighted by Gasteiger charge is 2.16. The normalized spacial score (nSPS) is 17.0. The Morgan fingerprint density at radius 2 is 1.96 bits per heavy atom. The van der Waals surface area contributed by atoms with Crippen LogP contribution in [0, 0.1) is 18.6 Å². The zero-order valence-electron chi connectivity index (χ0n) is 15.0. The largest absolute Gasteiger partial charge is 0.376 e. The van der Waals surface area contributed by atoms with E-state index < -0.39 is 17.5 Å². The molecule has 2 N–H and O–H groups in total. The molecule has 1 unspecified atom stereocenters. The lowest BCUT2D eigenvalue weighted by atomic mass is 10.2. The molecule has 1 amide bonds. The predicted molar refractivity (Wildman–Crippen MR) is 99.9 cm³/mol. The van der Waals surface area contributed by atoms with Crippen molar-refractivity contribution in [2.45, 2.75) is 25.9 Å². The third kappa shape index (κ3) is 5.34. The van der Waals surface area contributed by atoms with E-state index in [2.05, 4.69) is 15.6 Å². The zero-order chi connectivity index (χ0) is 19.2. The molecule has 2 aromatic carbocycles. The number of rotatable bonds is 4. The molecule has 0 spiro atoms. The molecule has 5 nitrogen and oxygen atoms in total. The number of ether oxygens (including phenoxy) is 1. The highest BCUT2D eigenvalue weighted by Crippen LogP contribution is 2.13. The van der Waals surface area contributed by atoms with E-state index in [0.29, 0.717) is 13.2 Å². The molecule has 1 saturated heterocycles. The fourth-order valence-electron chi connectivity index (χ4n) is 2.68. The Bertz CT molecular complexity index is 832. The smallest absolute Gasteiger partial charge is 0.258 e. The summed E-state index contributed by atoms with van der Waals surface area (Å²) in [5.74, 6) is -2.44. The fourth-order valence-corrected chi connectivity index (χ4v) is 2.68. The van der Waals surface area contributed by atoms with Crippen LogP contribution in [0.4, 0.5) is 14.5 Å². The molecule has 1 fully saturated rings. The van der Waals surface area contributed by atoms with E-state index in [-0.39, 0.29) is 17.6 Å². The Morgan fingerprint density at radius 3 is 2.63 bits per heavy atom. The Labute approximate surface area is 156 Å². The molecule has 0 bridgehead atoms. The number of nitrogens with zero attached hydrogens (tertiary/aromatic N) is 1. The maximum atomic E-state index is 13.4. The molecule has 142 valence electrons. The van der Waals surface area contributed by atoms with Crippen LogP contribution >= 0.6 is 0 Å². The number of anilines is 1. The van der Waals surface area contributed by atoms with Crippen molar-refractivity contribution in [3.05, 3.63) is 65.2 Å². The van der Waals surface area contributed by atoms with Gasteiger partial charge in [-0.15, -0.1) is 0 Å². The van der Waals surface area contributed by atoms with Crippen molar-refractivity contribution in [3.63, 3.8) is 0 Å². The van der Waals surface area contributed by atoms with Crippen LogP contribution in [0.15, 0.2) is 47.5 Å². The lowest BCUT2D eigenvalue weighted by molar-refractivity contribution is 0.0975. The summed E-state index contributed by atoms with van der Waals surface area (Å²) in [7, 11) is 0. The van der Waals surface area contributed by atoms with Crippen LogP contribution in [0.2, 0.25) is 0 Å². The number of aliphatic imine (C=N–C) groups is 1. The molecule has 0 aromatic heterocycles. The van der Waals surface area contributed by atoms with E-state index in [4.69, 9.17) is 4.74 Å².